The van der Waals surface area contributed by atoms with Crippen LogP contribution in [0.25, 0.3) is 0 Å². The van der Waals surface area contributed by atoms with Gasteiger partial charge in [-0.25, -0.2) is 9.78 Å². The van der Waals surface area contributed by atoms with Crippen LogP contribution in [-0.2, 0) is 4.74 Å². The number of nitrogens with zero attached hydrogens (tertiary/aromatic N) is 3. The number of aromatic nitrogens is 2. The summed E-state index contributed by atoms with van der Waals surface area (Å²) in [6, 6.07) is 6.60. The van der Waals surface area contributed by atoms with Crippen LogP contribution in [0.1, 0.15) is 17.3 Å². The highest BCUT2D eigenvalue weighted by atomic mass is 16.6. The summed E-state index contributed by atoms with van der Waals surface area (Å²) in [6.07, 6.45) is 1.11. The maximum atomic E-state index is 11.7. The summed E-state index contributed by atoms with van der Waals surface area (Å²) in [6.45, 7) is 2.01. The third kappa shape index (κ3) is 3.90. The fraction of sp³-hybridized carbons (Fsp3) is 0.214. The quantitative estimate of drug-likeness (QED) is 0.473. The van der Waals surface area contributed by atoms with E-state index in [9.17, 15) is 14.9 Å². The van der Waals surface area contributed by atoms with Crippen molar-refractivity contribution in [3.63, 3.8) is 0 Å². The minimum absolute atomic E-state index is 0.0917. The van der Waals surface area contributed by atoms with Gasteiger partial charge in [0, 0.05) is 12.7 Å². The number of nitro groups is 1. The van der Waals surface area contributed by atoms with E-state index < -0.39 is 10.9 Å². The minimum atomic E-state index is -0.572. The number of hydrogen-bond donors (Lipinski definition) is 2. The van der Waals surface area contributed by atoms with Gasteiger partial charge in [-0.3, -0.25) is 10.1 Å². The Hall–Kier alpha value is -3.23. The number of carbonyl (C=O) groups excluding carboxylic acids is 1. The van der Waals surface area contributed by atoms with Crippen LogP contribution in [0.15, 0.2) is 30.5 Å². The monoisotopic (exact) mass is 317 g/mol. The highest BCUT2D eigenvalue weighted by Crippen LogP contribution is 2.23. The van der Waals surface area contributed by atoms with Crippen molar-refractivity contribution in [3.8, 4) is 0 Å². The Morgan fingerprint density at radius 1 is 1.43 bits per heavy atom. The zero-order chi connectivity index (χ0) is 16.8. The van der Waals surface area contributed by atoms with Crippen LogP contribution in [0.3, 0.4) is 0 Å². The first-order valence-corrected chi connectivity index (χ1v) is 6.78. The molecule has 1 heterocycles. The Kier molecular flexibility index (Phi) is 5.03. The topological polar surface area (TPSA) is 119 Å². The molecule has 23 heavy (non-hydrogen) atoms. The molecule has 2 aromatic rings. The molecule has 0 aliphatic carbocycles. The lowest BCUT2D eigenvalue weighted by Crippen LogP contribution is -2.06. The number of hydrogen-bond acceptors (Lipinski definition) is 8. The lowest BCUT2D eigenvalue weighted by Gasteiger charge is -2.08. The van der Waals surface area contributed by atoms with Crippen molar-refractivity contribution in [2.45, 2.75) is 6.92 Å². The Bertz CT molecular complexity index is 735. The molecule has 0 fully saturated rings. The summed E-state index contributed by atoms with van der Waals surface area (Å²) < 4.78 is 4.93. The maximum absolute atomic E-state index is 11.7. The van der Waals surface area contributed by atoms with Gasteiger partial charge in [-0.1, -0.05) is 6.07 Å². The first kappa shape index (κ1) is 16.1. The number of ether oxygens (including phenoxy) is 1. The molecule has 0 aliphatic heterocycles. The normalized spacial score (nSPS) is 10.0. The molecule has 0 aliphatic rings. The van der Waals surface area contributed by atoms with Gasteiger partial charge in [-0.05, 0) is 25.1 Å². The number of benzene rings is 1. The fourth-order valence-electron chi connectivity index (χ4n) is 1.82. The van der Waals surface area contributed by atoms with Crippen molar-refractivity contribution in [1.29, 1.82) is 0 Å². The van der Waals surface area contributed by atoms with Crippen molar-refractivity contribution < 1.29 is 14.5 Å². The average molecular weight is 317 g/mol. The van der Waals surface area contributed by atoms with E-state index in [4.69, 9.17) is 4.74 Å². The molecule has 9 heteroatoms. The molecule has 2 N–H and O–H groups in total. The van der Waals surface area contributed by atoms with Crippen molar-refractivity contribution >= 4 is 29.1 Å². The highest BCUT2D eigenvalue weighted by Gasteiger charge is 2.16. The molecule has 0 radical (unpaired) electrons. The second-order valence-electron chi connectivity index (χ2n) is 4.36. The van der Waals surface area contributed by atoms with Gasteiger partial charge in [-0.2, -0.15) is 4.98 Å². The summed E-state index contributed by atoms with van der Waals surface area (Å²) in [5.74, 6) is -0.174. The van der Waals surface area contributed by atoms with Gasteiger partial charge in [0.15, 0.2) is 0 Å². The van der Waals surface area contributed by atoms with Crippen LogP contribution in [0.5, 0.6) is 0 Å². The molecule has 2 rings (SSSR count). The Morgan fingerprint density at radius 3 is 2.87 bits per heavy atom. The van der Waals surface area contributed by atoms with Gasteiger partial charge in [0.25, 0.3) is 0 Å². The number of nitrogens with one attached hydrogen (secondary N) is 2. The molecule has 0 unspecified atom stereocenters. The lowest BCUT2D eigenvalue weighted by molar-refractivity contribution is -0.384. The van der Waals surface area contributed by atoms with E-state index in [2.05, 4.69) is 20.6 Å². The first-order chi connectivity index (χ1) is 11.0. The van der Waals surface area contributed by atoms with E-state index in [0.717, 1.165) is 6.20 Å². The molecule has 9 nitrogen and oxygen atoms in total. The number of anilines is 3. The van der Waals surface area contributed by atoms with Crippen LogP contribution in [0.4, 0.5) is 23.1 Å². The van der Waals surface area contributed by atoms with Crippen LogP contribution in [-0.4, -0.2) is 34.5 Å². The Morgan fingerprint density at radius 2 is 2.22 bits per heavy atom. The average Bonchev–Trinajstić information content (AvgIpc) is 2.55. The largest absolute Gasteiger partial charge is 0.462 e. The number of esters is 1. The van der Waals surface area contributed by atoms with Gasteiger partial charge < -0.3 is 15.4 Å². The van der Waals surface area contributed by atoms with Crippen molar-refractivity contribution in [1.82, 2.24) is 9.97 Å². The molecular weight excluding hydrogens is 302 g/mol. The molecule has 0 atom stereocenters. The molecule has 0 bridgehead atoms. The third-order valence-electron chi connectivity index (χ3n) is 2.83. The molecule has 1 aromatic carbocycles. The van der Waals surface area contributed by atoms with Crippen LogP contribution in [0.2, 0.25) is 0 Å². The highest BCUT2D eigenvalue weighted by molar-refractivity contribution is 5.90. The van der Waals surface area contributed by atoms with Crippen LogP contribution < -0.4 is 10.6 Å². The predicted octanol–water partition coefficient (Wildman–Crippen LogP) is 2.35. The standard InChI is InChI=1S/C14H15N5O4/c1-3-23-13(20)9-5-4-6-10(7-9)17-14-16-8-11(19(21)22)12(15-2)18-14/h4-8H,3H2,1-2H3,(H2,15,16,17,18). The molecule has 1 aromatic heterocycles. The molecular formula is C14H15N5O4. The van der Waals surface area contributed by atoms with E-state index in [-0.39, 0.29) is 24.1 Å². The number of rotatable bonds is 6. The van der Waals surface area contributed by atoms with Gasteiger partial charge >= 0.3 is 11.7 Å². The van der Waals surface area contributed by atoms with Crippen LogP contribution >= 0.6 is 0 Å². The second-order valence-corrected chi connectivity index (χ2v) is 4.36. The Balaban J connectivity index is 2.24. The predicted molar refractivity (Wildman–Crippen MR) is 83.9 cm³/mol. The fourth-order valence-corrected chi connectivity index (χ4v) is 1.82. The summed E-state index contributed by atoms with van der Waals surface area (Å²) in [5, 5.41) is 16.4. The maximum Gasteiger partial charge on any atom is 0.338 e. The van der Waals surface area contributed by atoms with Crippen LogP contribution in [0, 0.1) is 10.1 Å². The van der Waals surface area contributed by atoms with Gasteiger partial charge in [0.1, 0.15) is 6.20 Å². The molecule has 0 saturated carbocycles. The van der Waals surface area contributed by atoms with Gasteiger partial charge in [0.05, 0.1) is 17.1 Å². The molecule has 120 valence electrons. The van der Waals surface area contributed by atoms with Gasteiger partial charge in [0.2, 0.25) is 11.8 Å². The summed E-state index contributed by atoms with van der Waals surface area (Å²) in [7, 11) is 1.53. The molecule has 0 spiro atoms. The van der Waals surface area contributed by atoms with E-state index >= 15 is 0 Å². The molecule has 0 saturated heterocycles. The van der Waals surface area contributed by atoms with Crippen molar-refractivity contribution in [2.75, 3.05) is 24.3 Å². The first-order valence-electron chi connectivity index (χ1n) is 6.78. The SMILES string of the molecule is CCOC(=O)c1cccc(Nc2ncc([N+](=O)[O-])c(NC)n2)c1. The summed E-state index contributed by atoms with van der Waals surface area (Å²) in [5.41, 5.74) is 0.720. The molecule has 0 amide bonds. The van der Waals surface area contributed by atoms with E-state index in [1.165, 1.54) is 7.05 Å². The summed E-state index contributed by atoms with van der Waals surface area (Å²) in [4.78, 5) is 29.9. The third-order valence-corrected chi connectivity index (χ3v) is 2.83. The smallest absolute Gasteiger partial charge is 0.338 e. The number of carbonyl (C=O) groups is 1. The Labute approximate surface area is 131 Å². The zero-order valence-corrected chi connectivity index (χ0v) is 12.6. The zero-order valence-electron chi connectivity index (χ0n) is 12.6. The summed E-state index contributed by atoms with van der Waals surface area (Å²) >= 11 is 0. The van der Waals surface area contributed by atoms with Crippen molar-refractivity contribution in [3.05, 3.63) is 46.1 Å². The lowest BCUT2D eigenvalue weighted by atomic mass is 10.2. The van der Waals surface area contributed by atoms with E-state index in [1.807, 2.05) is 0 Å². The van der Waals surface area contributed by atoms with Crippen molar-refractivity contribution in [2.24, 2.45) is 0 Å². The van der Waals surface area contributed by atoms with E-state index in [0.29, 0.717) is 11.3 Å². The second kappa shape index (κ2) is 7.16. The minimum Gasteiger partial charge on any atom is -0.462 e. The van der Waals surface area contributed by atoms with Gasteiger partial charge in [-0.15, -0.1) is 0 Å². The van der Waals surface area contributed by atoms with E-state index in [1.54, 1.807) is 31.2 Å².